The molecule has 7 nitrogen and oxygen atoms in total. The highest BCUT2D eigenvalue weighted by atomic mass is 127. The number of non-ortho nitro benzene ring substituents is 1. The second-order valence-corrected chi connectivity index (χ2v) is 10.9. The fourth-order valence-corrected chi connectivity index (χ4v) is 6.21. The minimum Gasteiger partial charge on any atom is -0.487 e. The number of nitro groups is 1. The first-order valence-electron chi connectivity index (χ1n) is 12.0. The molecular formula is C31H19I2N3O4. The Morgan fingerprint density at radius 2 is 1.52 bits per heavy atom. The lowest BCUT2D eigenvalue weighted by Gasteiger charge is -2.11. The summed E-state index contributed by atoms with van der Waals surface area (Å²) in [4.78, 5) is 15.0. The molecule has 196 valence electrons. The maximum atomic E-state index is 10.9. The zero-order chi connectivity index (χ0) is 28.1. The van der Waals surface area contributed by atoms with Crippen LogP contribution in [0.3, 0.4) is 0 Å². The van der Waals surface area contributed by atoms with Gasteiger partial charge in [-0.05, 0) is 86.1 Å². The van der Waals surface area contributed by atoms with Gasteiger partial charge in [-0.25, -0.2) is 4.99 Å². The third-order valence-corrected chi connectivity index (χ3v) is 7.58. The van der Waals surface area contributed by atoms with Crippen LogP contribution in [0.1, 0.15) is 16.7 Å². The molecule has 0 amide bonds. The molecule has 0 bridgehead atoms. The standard InChI is InChI=1S/C31H19I2N3O4/c32-26-15-21(16-27(33)30(26)39-19-20-11-13-24(14-12-20)36(37)38)18-35-31-25(17-34)28(22-7-3-1-4-8-22)29(40-31)23-9-5-2-6-10-23/h1-16,18H,19H2. The average Bonchev–Trinajstić information content (AvgIpc) is 3.35. The molecule has 1 aromatic heterocycles. The highest BCUT2D eigenvalue weighted by Crippen LogP contribution is 2.42. The summed E-state index contributed by atoms with van der Waals surface area (Å²) in [6, 6.07) is 31.8. The topological polar surface area (TPSA) is 102 Å². The van der Waals surface area contributed by atoms with Crippen LogP contribution in [0.4, 0.5) is 11.6 Å². The van der Waals surface area contributed by atoms with E-state index in [1.165, 1.54) is 12.1 Å². The van der Waals surface area contributed by atoms with E-state index in [1.54, 1.807) is 18.3 Å². The number of ether oxygens (including phenoxy) is 1. The van der Waals surface area contributed by atoms with Gasteiger partial charge in [0.05, 0.1) is 12.1 Å². The van der Waals surface area contributed by atoms with Crippen LogP contribution < -0.4 is 4.74 Å². The number of furan rings is 1. The van der Waals surface area contributed by atoms with Gasteiger partial charge in [-0.1, -0.05) is 60.7 Å². The molecule has 9 heteroatoms. The lowest BCUT2D eigenvalue weighted by molar-refractivity contribution is -0.384. The normalized spacial score (nSPS) is 10.9. The van der Waals surface area contributed by atoms with E-state index in [2.05, 4.69) is 56.2 Å². The first-order valence-corrected chi connectivity index (χ1v) is 14.2. The molecule has 0 aliphatic rings. The smallest absolute Gasteiger partial charge is 0.269 e. The second kappa shape index (κ2) is 12.4. The van der Waals surface area contributed by atoms with Gasteiger partial charge in [0.25, 0.3) is 5.69 Å². The number of aliphatic imine (C=N–C) groups is 1. The number of benzene rings is 4. The molecule has 0 unspecified atom stereocenters. The number of hydrogen-bond acceptors (Lipinski definition) is 6. The fourth-order valence-electron chi connectivity index (χ4n) is 4.08. The number of nitrogens with zero attached hydrogens (tertiary/aromatic N) is 3. The Labute approximate surface area is 257 Å². The summed E-state index contributed by atoms with van der Waals surface area (Å²) >= 11 is 4.41. The lowest BCUT2D eigenvalue weighted by Crippen LogP contribution is -2.00. The van der Waals surface area contributed by atoms with Crippen molar-refractivity contribution in [1.29, 1.82) is 5.26 Å². The molecule has 0 saturated heterocycles. The van der Waals surface area contributed by atoms with E-state index in [0.717, 1.165) is 29.4 Å². The summed E-state index contributed by atoms with van der Waals surface area (Å²) in [5, 5.41) is 21.0. The van der Waals surface area contributed by atoms with Gasteiger partial charge in [-0.2, -0.15) is 5.26 Å². The average molecular weight is 751 g/mol. The molecule has 4 aromatic carbocycles. The van der Waals surface area contributed by atoms with Gasteiger partial charge in [0.1, 0.15) is 29.7 Å². The molecule has 0 atom stereocenters. The van der Waals surface area contributed by atoms with E-state index in [1.807, 2.05) is 72.8 Å². The van der Waals surface area contributed by atoms with Crippen molar-refractivity contribution in [3.63, 3.8) is 0 Å². The largest absolute Gasteiger partial charge is 0.487 e. The number of nitriles is 1. The molecule has 5 rings (SSSR count). The van der Waals surface area contributed by atoms with Crippen LogP contribution in [0.25, 0.3) is 22.5 Å². The van der Waals surface area contributed by atoms with Crippen molar-refractivity contribution in [2.45, 2.75) is 6.61 Å². The van der Waals surface area contributed by atoms with E-state index in [-0.39, 0.29) is 18.2 Å². The second-order valence-electron chi connectivity index (χ2n) is 8.61. The van der Waals surface area contributed by atoms with Crippen LogP contribution in [0.2, 0.25) is 0 Å². The highest BCUT2D eigenvalue weighted by molar-refractivity contribution is 14.1. The van der Waals surface area contributed by atoms with E-state index >= 15 is 0 Å². The van der Waals surface area contributed by atoms with Gasteiger partial charge in [0, 0.05) is 29.5 Å². The molecular weight excluding hydrogens is 732 g/mol. The molecule has 0 N–H and O–H groups in total. The zero-order valence-corrected chi connectivity index (χ0v) is 25.1. The maximum Gasteiger partial charge on any atom is 0.269 e. The zero-order valence-electron chi connectivity index (χ0n) is 20.8. The Bertz CT molecular complexity index is 1720. The summed E-state index contributed by atoms with van der Waals surface area (Å²) in [7, 11) is 0. The van der Waals surface area contributed by atoms with Gasteiger partial charge < -0.3 is 9.15 Å². The van der Waals surface area contributed by atoms with E-state index in [4.69, 9.17) is 9.15 Å². The Balaban J connectivity index is 1.43. The predicted molar refractivity (Wildman–Crippen MR) is 171 cm³/mol. The first kappa shape index (κ1) is 27.5. The van der Waals surface area contributed by atoms with E-state index in [9.17, 15) is 15.4 Å². The van der Waals surface area contributed by atoms with Crippen molar-refractivity contribution in [3.8, 4) is 34.3 Å². The Kier molecular flexibility index (Phi) is 8.57. The quantitative estimate of drug-likeness (QED) is 0.0683. The van der Waals surface area contributed by atoms with E-state index in [0.29, 0.717) is 22.6 Å². The summed E-state index contributed by atoms with van der Waals surface area (Å²) in [6.07, 6.45) is 1.67. The van der Waals surface area contributed by atoms with Gasteiger partial charge in [0.2, 0.25) is 5.88 Å². The molecule has 40 heavy (non-hydrogen) atoms. The summed E-state index contributed by atoms with van der Waals surface area (Å²) in [5.74, 6) is 1.54. The molecule has 0 aliphatic heterocycles. The van der Waals surface area contributed by atoms with Crippen molar-refractivity contribution >= 4 is 63.0 Å². The molecule has 0 saturated carbocycles. The number of halogens is 2. The van der Waals surface area contributed by atoms with Crippen LogP contribution >= 0.6 is 45.2 Å². The summed E-state index contributed by atoms with van der Waals surface area (Å²) < 4.78 is 14.0. The highest BCUT2D eigenvalue weighted by Gasteiger charge is 2.22. The van der Waals surface area contributed by atoms with Crippen LogP contribution in [0, 0.1) is 28.6 Å². The van der Waals surface area contributed by atoms with Crippen LogP contribution in [-0.4, -0.2) is 11.1 Å². The Morgan fingerprint density at radius 1 is 0.925 bits per heavy atom. The monoisotopic (exact) mass is 751 g/mol. The molecule has 0 radical (unpaired) electrons. The van der Waals surface area contributed by atoms with Gasteiger partial charge in [-0.3, -0.25) is 10.1 Å². The van der Waals surface area contributed by atoms with Crippen molar-refractivity contribution < 1.29 is 14.1 Å². The van der Waals surface area contributed by atoms with Crippen LogP contribution in [-0.2, 0) is 6.61 Å². The predicted octanol–water partition coefficient (Wildman–Crippen LogP) is 8.93. The number of hydrogen-bond donors (Lipinski definition) is 0. The molecule has 1 heterocycles. The number of rotatable bonds is 8. The van der Waals surface area contributed by atoms with E-state index < -0.39 is 4.92 Å². The van der Waals surface area contributed by atoms with Gasteiger partial charge in [-0.15, -0.1) is 0 Å². The molecule has 0 spiro atoms. The van der Waals surface area contributed by atoms with Crippen LogP contribution in [0.15, 0.2) is 106 Å². The van der Waals surface area contributed by atoms with Crippen molar-refractivity contribution in [2.75, 3.05) is 0 Å². The maximum absolute atomic E-state index is 10.9. The molecule has 0 aliphatic carbocycles. The van der Waals surface area contributed by atoms with Crippen molar-refractivity contribution in [1.82, 2.24) is 0 Å². The molecule has 0 fully saturated rings. The first-order chi connectivity index (χ1) is 19.4. The fraction of sp³-hybridized carbons (Fsp3) is 0.0323. The van der Waals surface area contributed by atoms with Crippen molar-refractivity contribution in [3.05, 3.63) is 131 Å². The molecule has 5 aromatic rings. The number of nitro benzene ring substituents is 1. The Hall–Kier alpha value is -4.02. The summed E-state index contributed by atoms with van der Waals surface area (Å²) in [5.41, 5.74) is 4.50. The lowest BCUT2D eigenvalue weighted by atomic mass is 9.98. The summed E-state index contributed by atoms with van der Waals surface area (Å²) in [6.45, 7) is 0.278. The third-order valence-electron chi connectivity index (χ3n) is 5.98. The minimum atomic E-state index is -0.427. The van der Waals surface area contributed by atoms with Crippen LogP contribution in [0.5, 0.6) is 5.75 Å². The Morgan fingerprint density at radius 3 is 2.10 bits per heavy atom. The third kappa shape index (κ3) is 6.08. The van der Waals surface area contributed by atoms with Gasteiger partial charge in [0.15, 0.2) is 0 Å². The van der Waals surface area contributed by atoms with Gasteiger partial charge >= 0.3 is 0 Å². The van der Waals surface area contributed by atoms with Crippen molar-refractivity contribution in [2.24, 2.45) is 4.99 Å². The SMILES string of the molecule is N#Cc1c(N=Cc2cc(I)c(OCc3ccc([N+](=O)[O-])cc3)c(I)c2)oc(-c2ccccc2)c1-c1ccccc1. The minimum absolute atomic E-state index is 0.0412.